The molecule has 0 unspecified atom stereocenters. The monoisotopic (exact) mass is 271 g/mol. The van der Waals surface area contributed by atoms with Gasteiger partial charge in [-0.05, 0) is 25.3 Å². The molecule has 0 atom stereocenters. The van der Waals surface area contributed by atoms with Crippen LogP contribution in [0.2, 0.25) is 0 Å². The molecule has 18 heavy (non-hydrogen) atoms. The van der Waals surface area contributed by atoms with Crippen LogP contribution in [0.5, 0.6) is 0 Å². The summed E-state index contributed by atoms with van der Waals surface area (Å²) in [5.74, 6) is 1.13. The molecule has 5 nitrogen and oxygen atoms in total. The zero-order chi connectivity index (χ0) is 13.4. The lowest BCUT2D eigenvalue weighted by atomic mass is 10.4. The summed E-state index contributed by atoms with van der Waals surface area (Å²) in [4.78, 5) is 22.7. The second kappa shape index (κ2) is 7.81. The van der Waals surface area contributed by atoms with Gasteiger partial charge in [0.05, 0.1) is 18.8 Å². The van der Waals surface area contributed by atoms with Crippen LogP contribution < -0.4 is 5.32 Å². The minimum absolute atomic E-state index is 0.165. The summed E-state index contributed by atoms with van der Waals surface area (Å²) < 4.78 is 10.1. The number of carbonyl (C=O) groups is 2. The maximum Gasteiger partial charge on any atom is 0.307 e. The summed E-state index contributed by atoms with van der Waals surface area (Å²) in [7, 11) is 0. The molecule has 0 aliphatic rings. The lowest BCUT2D eigenvalue weighted by molar-refractivity contribution is -0.142. The number of furan rings is 1. The first kappa shape index (κ1) is 14.6. The van der Waals surface area contributed by atoms with Gasteiger partial charge in [0.15, 0.2) is 5.76 Å². The van der Waals surface area contributed by atoms with Crippen molar-refractivity contribution in [1.29, 1.82) is 0 Å². The molecule has 0 saturated heterocycles. The highest BCUT2D eigenvalue weighted by molar-refractivity contribution is 7.97. The Bertz CT molecular complexity index is 403. The van der Waals surface area contributed by atoms with Crippen molar-refractivity contribution in [3.05, 3.63) is 23.7 Å². The van der Waals surface area contributed by atoms with Gasteiger partial charge < -0.3 is 14.5 Å². The Kier molecular flexibility index (Phi) is 6.35. The van der Waals surface area contributed by atoms with E-state index in [0.29, 0.717) is 6.61 Å². The lowest BCUT2D eigenvalue weighted by Crippen LogP contribution is -2.26. The van der Waals surface area contributed by atoms with Crippen LogP contribution in [0, 0.1) is 0 Å². The summed E-state index contributed by atoms with van der Waals surface area (Å²) in [6.45, 7) is 2.34. The highest BCUT2D eigenvalue weighted by atomic mass is 32.2. The van der Waals surface area contributed by atoms with Crippen LogP contribution in [-0.4, -0.2) is 31.3 Å². The van der Waals surface area contributed by atoms with Crippen LogP contribution >= 0.6 is 11.8 Å². The average molecular weight is 271 g/mol. The normalized spacial score (nSPS) is 10.1. The number of esters is 1. The van der Waals surface area contributed by atoms with E-state index in [4.69, 9.17) is 9.15 Å². The number of amides is 1. The van der Waals surface area contributed by atoms with Crippen LogP contribution in [0.15, 0.2) is 16.5 Å². The van der Waals surface area contributed by atoms with Crippen molar-refractivity contribution in [3.8, 4) is 0 Å². The Morgan fingerprint density at radius 1 is 1.44 bits per heavy atom. The standard InChI is InChI=1S/C12H17NO4S/c1-3-16-11(14)6-7-13-12(15)10-5-4-9(17-10)8-18-2/h4-5H,3,6-8H2,1-2H3,(H,13,15). The highest BCUT2D eigenvalue weighted by Gasteiger charge is 2.11. The van der Waals surface area contributed by atoms with E-state index in [9.17, 15) is 9.59 Å². The summed E-state index contributed by atoms with van der Waals surface area (Å²) >= 11 is 1.62. The van der Waals surface area contributed by atoms with Crippen molar-refractivity contribution in [2.24, 2.45) is 0 Å². The third kappa shape index (κ3) is 4.83. The number of ether oxygens (including phenoxy) is 1. The molecule has 0 aromatic carbocycles. The zero-order valence-electron chi connectivity index (χ0n) is 10.5. The second-order valence-corrected chi connectivity index (χ2v) is 4.38. The van der Waals surface area contributed by atoms with Crippen LogP contribution in [-0.2, 0) is 15.3 Å². The van der Waals surface area contributed by atoms with E-state index < -0.39 is 0 Å². The van der Waals surface area contributed by atoms with Gasteiger partial charge in [-0.15, -0.1) is 0 Å². The van der Waals surface area contributed by atoms with Gasteiger partial charge in [0.1, 0.15) is 5.76 Å². The molecular formula is C12H17NO4S. The molecule has 1 heterocycles. The number of hydrogen-bond acceptors (Lipinski definition) is 5. The van der Waals surface area contributed by atoms with E-state index >= 15 is 0 Å². The topological polar surface area (TPSA) is 68.5 Å². The molecule has 0 fully saturated rings. The summed E-state index contributed by atoms with van der Waals surface area (Å²) in [6.07, 6.45) is 2.12. The molecule has 0 saturated carbocycles. The maximum absolute atomic E-state index is 11.6. The minimum atomic E-state index is -0.319. The molecule has 0 bridgehead atoms. The molecule has 0 spiro atoms. The van der Waals surface area contributed by atoms with E-state index in [1.54, 1.807) is 30.8 Å². The SMILES string of the molecule is CCOC(=O)CCNC(=O)c1ccc(CSC)o1. The Balaban J connectivity index is 2.33. The fraction of sp³-hybridized carbons (Fsp3) is 0.500. The predicted octanol–water partition coefficient (Wildman–Crippen LogP) is 1.83. The van der Waals surface area contributed by atoms with Crippen LogP contribution in [0.1, 0.15) is 29.7 Å². The van der Waals surface area contributed by atoms with E-state index in [0.717, 1.165) is 11.5 Å². The molecule has 0 aliphatic carbocycles. The molecular weight excluding hydrogens is 254 g/mol. The van der Waals surface area contributed by atoms with Gasteiger partial charge in [0.2, 0.25) is 0 Å². The van der Waals surface area contributed by atoms with Gasteiger partial charge in [-0.2, -0.15) is 11.8 Å². The molecule has 0 aliphatic heterocycles. The molecule has 0 radical (unpaired) electrons. The summed E-state index contributed by atoms with van der Waals surface area (Å²) in [5.41, 5.74) is 0. The average Bonchev–Trinajstić information content (AvgIpc) is 2.78. The third-order valence-electron chi connectivity index (χ3n) is 2.09. The third-order valence-corrected chi connectivity index (χ3v) is 2.67. The first-order chi connectivity index (χ1) is 8.67. The number of hydrogen-bond donors (Lipinski definition) is 1. The predicted molar refractivity (Wildman–Crippen MR) is 69.5 cm³/mol. The van der Waals surface area contributed by atoms with Gasteiger partial charge in [0, 0.05) is 6.54 Å². The van der Waals surface area contributed by atoms with E-state index in [1.165, 1.54) is 0 Å². The fourth-order valence-electron chi connectivity index (χ4n) is 1.32. The van der Waals surface area contributed by atoms with Gasteiger partial charge in [0.25, 0.3) is 5.91 Å². The van der Waals surface area contributed by atoms with Gasteiger partial charge in [-0.3, -0.25) is 9.59 Å². The maximum atomic E-state index is 11.6. The Morgan fingerprint density at radius 3 is 2.89 bits per heavy atom. The van der Waals surface area contributed by atoms with Gasteiger partial charge in [-0.1, -0.05) is 0 Å². The van der Waals surface area contributed by atoms with Gasteiger partial charge in [-0.25, -0.2) is 0 Å². The molecule has 6 heteroatoms. The van der Waals surface area contributed by atoms with Crippen molar-refractivity contribution in [1.82, 2.24) is 5.32 Å². The van der Waals surface area contributed by atoms with E-state index in [2.05, 4.69) is 5.32 Å². The molecule has 1 rings (SSSR count). The molecule has 100 valence electrons. The van der Waals surface area contributed by atoms with Crippen molar-refractivity contribution in [3.63, 3.8) is 0 Å². The number of nitrogens with one attached hydrogen (secondary N) is 1. The van der Waals surface area contributed by atoms with Gasteiger partial charge >= 0.3 is 5.97 Å². The van der Waals surface area contributed by atoms with E-state index in [-0.39, 0.29) is 30.6 Å². The van der Waals surface area contributed by atoms with Crippen molar-refractivity contribution < 1.29 is 18.7 Å². The summed E-state index contributed by atoms with van der Waals surface area (Å²) in [6, 6.07) is 3.40. The van der Waals surface area contributed by atoms with Crippen LogP contribution in [0.25, 0.3) is 0 Å². The zero-order valence-corrected chi connectivity index (χ0v) is 11.3. The van der Waals surface area contributed by atoms with Crippen LogP contribution in [0.4, 0.5) is 0 Å². The largest absolute Gasteiger partial charge is 0.466 e. The Labute approximate surface area is 110 Å². The first-order valence-corrected chi connectivity index (χ1v) is 7.08. The molecule has 1 amide bonds. The quantitative estimate of drug-likeness (QED) is 0.766. The number of rotatable bonds is 7. The van der Waals surface area contributed by atoms with Crippen molar-refractivity contribution >= 4 is 23.6 Å². The van der Waals surface area contributed by atoms with Crippen LogP contribution in [0.3, 0.4) is 0 Å². The highest BCUT2D eigenvalue weighted by Crippen LogP contribution is 2.13. The minimum Gasteiger partial charge on any atom is -0.466 e. The fourth-order valence-corrected chi connectivity index (χ4v) is 1.76. The number of thioether (sulfide) groups is 1. The summed E-state index contributed by atoms with van der Waals surface area (Å²) in [5, 5.41) is 2.60. The molecule has 1 N–H and O–H groups in total. The number of carbonyl (C=O) groups excluding carboxylic acids is 2. The van der Waals surface area contributed by atoms with Crippen molar-refractivity contribution in [2.45, 2.75) is 19.1 Å². The second-order valence-electron chi connectivity index (χ2n) is 3.51. The molecule has 1 aromatic rings. The smallest absolute Gasteiger partial charge is 0.307 e. The Hall–Kier alpha value is -1.43. The lowest BCUT2D eigenvalue weighted by Gasteiger charge is -2.03. The first-order valence-electron chi connectivity index (χ1n) is 5.68. The molecule has 1 aromatic heterocycles. The van der Waals surface area contributed by atoms with E-state index in [1.807, 2.05) is 6.26 Å². The van der Waals surface area contributed by atoms with Crippen molar-refractivity contribution in [2.75, 3.05) is 19.4 Å². The Morgan fingerprint density at radius 2 is 2.22 bits per heavy atom.